The highest BCUT2D eigenvalue weighted by molar-refractivity contribution is 5.86. The van der Waals surface area contributed by atoms with Crippen LogP contribution in [0.4, 0.5) is 0 Å². The number of rotatable bonds is 2. The van der Waals surface area contributed by atoms with Gasteiger partial charge in [-0.15, -0.1) is 0 Å². The largest absolute Gasteiger partial charge is 0.350 e. The molecule has 4 nitrogen and oxygen atoms in total. The maximum absolute atomic E-state index is 12.6. The molecule has 2 aliphatic rings. The maximum atomic E-state index is 12.6. The number of carbonyl (C=O) groups excluding carboxylic acids is 1. The summed E-state index contributed by atoms with van der Waals surface area (Å²) in [7, 11) is 2.11. The first kappa shape index (κ1) is 11.8. The molecule has 1 saturated heterocycles. The van der Waals surface area contributed by atoms with Gasteiger partial charge in [0.05, 0.1) is 5.41 Å². The van der Waals surface area contributed by atoms with Crippen LogP contribution in [0, 0.1) is 5.41 Å². The molecule has 98 valence electrons. The molecule has 4 heteroatoms. The summed E-state index contributed by atoms with van der Waals surface area (Å²) in [4.78, 5) is 16.9. The summed E-state index contributed by atoms with van der Waals surface area (Å²) >= 11 is 0. The van der Waals surface area contributed by atoms with Crippen molar-refractivity contribution in [2.75, 3.05) is 33.2 Å². The zero-order valence-corrected chi connectivity index (χ0v) is 11.2. The molecular weight excluding hydrogens is 226 g/mol. The van der Waals surface area contributed by atoms with E-state index in [9.17, 15) is 4.79 Å². The molecule has 2 fully saturated rings. The highest BCUT2D eigenvalue weighted by atomic mass is 16.2. The highest BCUT2D eigenvalue weighted by Gasteiger charge is 2.58. The van der Waals surface area contributed by atoms with Crippen LogP contribution in [0.1, 0.15) is 19.4 Å². The Morgan fingerprint density at radius 2 is 1.78 bits per heavy atom. The van der Waals surface area contributed by atoms with Gasteiger partial charge in [0, 0.05) is 44.6 Å². The fourth-order valence-corrected chi connectivity index (χ4v) is 2.93. The first-order valence-corrected chi connectivity index (χ1v) is 6.71. The Hall–Kier alpha value is -1.29. The van der Waals surface area contributed by atoms with Crippen molar-refractivity contribution in [1.82, 2.24) is 14.4 Å². The van der Waals surface area contributed by atoms with Gasteiger partial charge in [-0.05, 0) is 32.5 Å². The molecule has 1 aliphatic carbocycles. The van der Waals surface area contributed by atoms with Gasteiger partial charge >= 0.3 is 0 Å². The standard InChI is InChI=1S/C14H21N3O/c1-14(11-12(14)16-5-3-4-6-16)13(18)17-9-7-15(2)8-10-17/h3-6,12H,7-11H2,1-2H3/t12-,14+/m1/s1. The zero-order valence-electron chi connectivity index (χ0n) is 11.2. The van der Waals surface area contributed by atoms with Gasteiger partial charge in [0.25, 0.3) is 0 Å². The molecule has 0 aromatic carbocycles. The van der Waals surface area contributed by atoms with E-state index in [0.29, 0.717) is 11.9 Å². The topological polar surface area (TPSA) is 28.5 Å². The van der Waals surface area contributed by atoms with Crippen LogP contribution in [-0.4, -0.2) is 53.5 Å². The van der Waals surface area contributed by atoms with Crippen molar-refractivity contribution in [2.24, 2.45) is 5.41 Å². The summed E-state index contributed by atoms with van der Waals surface area (Å²) in [5.41, 5.74) is -0.172. The summed E-state index contributed by atoms with van der Waals surface area (Å²) < 4.78 is 2.17. The Kier molecular flexibility index (Phi) is 2.70. The molecule has 1 amide bonds. The molecule has 0 N–H and O–H groups in total. The molecule has 3 rings (SSSR count). The number of carbonyl (C=O) groups is 1. The third kappa shape index (κ3) is 1.85. The van der Waals surface area contributed by atoms with Gasteiger partial charge in [-0.25, -0.2) is 0 Å². The predicted octanol–water partition coefficient (Wildman–Crippen LogP) is 1.21. The zero-order chi connectivity index (χ0) is 12.8. The van der Waals surface area contributed by atoms with E-state index in [2.05, 4.69) is 35.8 Å². The van der Waals surface area contributed by atoms with E-state index in [-0.39, 0.29) is 5.41 Å². The van der Waals surface area contributed by atoms with Gasteiger partial charge in [-0.1, -0.05) is 0 Å². The minimum absolute atomic E-state index is 0.172. The molecule has 1 saturated carbocycles. The Labute approximate surface area is 108 Å². The molecule has 1 aromatic rings. The molecular formula is C14H21N3O. The summed E-state index contributed by atoms with van der Waals surface area (Å²) in [6, 6.07) is 4.41. The SMILES string of the molecule is CN1CCN(C(=O)[C@@]2(C)C[C@H]2n2cccc2)CC1. The van der Waals surface area contributed by atoms with Crippen LogP contribution < -0.4 is 0 Å². The Morgan fingerprint density at radius 1 is 1.17 bits per heavy atom. The van der Waals surface area contributed by atoms with Crippen molar-refractivity contribution < 1.29 is 4.79 Å². The second-order valence-electron chi connectivity index (χ2n) is 5.86. The number of likely N-dealkylation sites (N-methyl/N-ethyl adjacent to an activating group) is 1. The van der Waals surface area contributed by atoms with Crippen molar-refractivity contribution in [1.29, 1.82) is 0 Å². The van der Waals surface area contributed by atoms with E-state index in [1.807, 2.05) is 17.0 Å². The number of hydrogen-bond donors (Lipinski definition) is 0. The normalized spacial score (nSPS) is 32.6. The van der Waals surface area contributed by atoms with E-state index in [1.54, 1.807) is 0 Å². The maximum Gasteiger partial charge on any atom is 0.230 e. The van der Waals surface area contributed by atoms with Crippen LogP contribution in [0.3, 0.4) is 0 Å². The minimum atomic E-state index is -0.172. The van der Waals surface area contributed by atoms with E-state index < -0.39 is 0 Å². The number of aromatic nitrogens is 1. The summed E-state index contributed by atoms with van der Waals surface area (Å²) in [5, 5.41) is 0. The third-order valence-electron chi connectivity index (χ3n) is 4.46. The summed E-state index contributed by atoms with van der Waals surface area (Å²) in [6.45, 7) is 5.86. The Morgan fingerprint density at radius 3 is 2.39 bits per heavy atom. The lowest BCUT2D eigenvalue weighted by molar-refractivity contribution is -0.138. The summed E-state index contributed by atoms with van der Waals surface area (Å²) in [6.07, 6.45) is 5.10. The highest BCUT2D eigenvalue weighted by Crippen LogP contribution is 2.57. The monoisotopic (exact) mass is 247 g/mol. The smallest absolute Gasteiger partial charge is 0.230 e. The van der Waals surface area contributed by atoms with Crippen molar-refractivity contribution in [3.8, 4) is 0 Å². The fourth-order valence-electron chi connectivity index (χ4n) is 2.93. The number of piperazine rings is 1. The van der Waals surface area contributed by atoms with Gasteiger partial charge < -0.3 is 14.4 Å². The average molecular weight is 247 g/mol. The van der Waals surface area contributed by atoms with Crippen LogP contribution in [0.25, 0.3) is 0 Å². The fraction of sp³-hybridized carbons (Fsp3) is 0.643. The van der Waals surface area contributed by atoms with Crippen LogP contribution in [0.5, 0.6) is 0 Å². The predicted molar refractivity (Wildman–Crippen MR) is 70.3 cm³/mol. The molecule has 0 radical (unpaired) electrons. The van der Waals surface area contributed by atoms with Crippen molar-refractivity contribution in [3.05, 3.63) is 24.5 Å². The van der Waals surface area contributed by atoms with Crippen LogP contribution >= 0.6 is 0 Å². The summed E-state index contributed by atoms with van der Waals surface area (Å²) in [5.74, 6) is 0.342. The number of amides is 1. The molecule has 0 spiro atoms. The van der Waals surface area contributed by atoms with E-state index in [1.165, 1.54) is 0 Å². The van der Waals surface area contributed by atoms with E-state index in [0.717, 1.165) is 32.6 Å². The average Bonchev–Trinajstić information content (AvgIpc) is 2.83. The second-order valence-corrected chi connectivity index (χ2v) is 5.86. The Bertz CT molecular complexity index is 434. The molecule has 2 heterocycles. The van der Waals surface area contributed by atoms with Crippen molar-refractivity contribution >= 4 is 5.91 Å². The number of hydrogen-bond acceptors (Lipinski definition) is 2. The number of nitrogens with zero attached hydrogens (tertiary/aromatic N) is 3. The lowest BCUT2D eigenvalue weighted by Crippen LogP contribution is -2.49. The van der Waals surface area contributed by atoms with Crippen molar-refractivity contribution in [2.45, 2.75) is 19.4 Å². The molecule has 18 heavy (non-hydrogen) atoms. The third-order valence-corrected chi connectivity index (χ3v) is 4.46. The molecule has 1 aliphatic heterocycles. The van der Waals surface area contributed by atoms with Crippen LogP contribution in [-0.2, 0) is 4.79 Å². The lowest BCUT2D eigenvalue weighted by atomic mass is 10.1. The first-order valence-electron chi connectivity index (χ1n) is 6.71. The minimum Gasteiger partial charge on any atom is -0.350 e. The van der Waals surface area contributed by atoms with Crippen molar-refractivity contribution in [3.63, 3.8) is 0 Å². The van der Waals surface area contributed by atoms with Crippen LogP contribution in [0.15, 0.2) is 24.5 Å². The second kappa shape index (κ2) is 4.12. The van der Waals surface area contributed by atoms with Gasteiger partial charge in [0.15, 0.2) is 0 Å². The Balaban J connectivity index is 1.67. The lowest BCUT2D eigenvalue weighted by Gasteiger charge is -2.34. The van der Waals surface area contributed by atoms with Gasteiger partial charge in [-0.3, -0.25) is 4.79 Å². The molecule has 2 atom stereocenters. The van der Waals surface area contributed by atoms with E-state index in [4.69, 9.17) is 0 Å². The van der Waals surface area contributed by atoms with Gasteiger partial charge in [0.2, 0.25) is 5.91 Å². The van der Waals surface area contributed by atoms with Crippen LogP contribution in [0.2, 0.25) is 0 Å². The quantitative estimate of drug-likeness (QED) is 0.786. The molecule has 0 unspecified atom stereocenters. The van der Waals surface area contributed by atoms with Gasteiger partial charge in [-0.2, -0.15) is 0 Å². The molecule has 1 aromatic heterocycles. The van der Waals surface area contributed by atoms with E-state index >= 15 is 0 Å². The molecule has 0 bridgehead atoms. The van der Waals surface area contributed by atoms with Gasteiger partial charge in [0.1, 0.15) is 0 Å². The first-order chi connectivity index (χ1) is 8.61.